The van der Waals surface area contributed by atoms with Gasteiger partial charge in [-0.2, -0.15) is 0 Å². The molecule has 0 N–H and O–H groups in total. The van der Waals surface area contributed by atoms with Crippen molar-refractivity contribution < 1.29 is 28.4 Å². The first-order valence-corrected chi connectivity index (χ1v) is 8.46. The molecule has 1 aliphatic heterocycles. The van der Waals surface area contributed by atoms with E-state index in [-0.39, 0.29) is 17.9 Å². The number of hydrogen-bond acceptors (Lipinski definition) is 7. The van der Waals surface area contributed by atoms with Gasteiger partial charge in [0.15, 0.2) is 12.1 Å². The van der Waals surface area contributed by atoms with Gasteiger partial charge >= 0.3 is 5.97 Å². The molecule has 1 aromatic carbocycles. The summed E-state index contributed by atoms with van der Waals surface area (Å²) in [5, 5.41) is 10.6. The van der Waals surface area contributed by atoms with Crippen molar-refractivity contribution in [2.75, 3.05) is 0 Å². The van der Waals surface area contributed by atoms with Gasteiger partial charge in [0, 0.05) is 19.1 Å². The second kappa shape index (κ2) is 8.38. The van der Waals surface area contributed by atoms with Crippen molar-refractivity contribution >= 4 is 36.3 Å². The number of benzene rings is 1. The number of rotatable bonds is 7. The van der Waals surface area contributed by atoms with Crippen LogP contribution in [-0.2, 0) is 25.7 Å². The van der Waals surface area contributed by atoms with Gasteiger partial charge in [0.2, 0.25) is 12.2 Å². The number of β-lactam (4-membered cyclic amide) rings is 1. The van der Waals surface area contributed by atoms with E-state index in [2.05, 4.69) is 19.4 Å². The van der Waals surface area contributed by atoms with Crippen molar-refractivity contribution in [3.63, 3.8) is 0 Å². The molecule has 0 radical (unpaired) electrons. The third-order valence-electron chi connectivity index (χ3n) is 4.12. The van der Waals surface area contributed by atoms with E-state index in [1.54, 1.807) is 0 Å². The van der Waals surface area contributed by atoms with Crippen molar-refractivity contribution in [2.24, 2.45) is 0 Å². The molecule has 1 aliphatic rings. The third-order valence-corrected chi connectivity index (χ3v) is 4.65. The fourth-order valence-corrected chi connectivity index (χ4v) is 2.86. The number of hydrogen-bond donors (Lipinski definition) is 1. The minimum atomic E-state index is -1.94. The molecule has 9 nitrogen and oxygen atoms in total. The van der Waals surface area contributed by atoms with Crippen molar-refractivity contribution in [3.8, 4) is 0 Å². The van der Waals surface area contributed by atoms with Gasteiger partial charge in [0.05, 0.1) is 4.92 Å². The molecule has 0 aliphatic carbocycles. The van der Waals surface area contributed by atoms with E-state index in [1.165, 1.54) is 31.2 Å². The molecule has 0 spiro atoms. The number of likely N-dealkylation sites (tertiary alicyclic amines) is 1. The van der Waals surface area contributed by atoms with Crippen LogP contribution in [0.25, 0.3) is 0 Å². The molecule has 0 bridgehead atoms. The Labute approximate surface area is 165 Å². The number of nitro groups is 1. The summed E-state index contributed by atoms with van der Waals surface area (Å²) in [6.45, 7) is 5.94. The van der Waals surface area contributed by atoms with Gasteiger partial charge in [-0.1, -0.05) is 19.4 Å². The SMILES string of the molecule is C=C(C)C(C(=O)OCc1ccc([N+](=O)[O-])cc1)N1C(=O)C(N(S)C(C)=O)C1F. The molecular formula is C17H18FN3O6S. The van der Waals surface area contributed by atoms with Crippen LogP contribution in [0.15, 0.2) is 36.4 Å². The number of alkyl halides is 1. The highest BCUT2D eigenvalue weighted by molar-refractivity contribution is 7.78. The second-order valence-electron chi connectivity index (χ2n) is 6.21. The topological polar surface area (TPSA) is 110 Å². The Hall–Kier alpha value is -2.95. The Kier molecular flexibility index (Phi) is 6.39. The van der Waals surface area contributed by atoms with Crippen molar-refractivity contribution in [1.82, 2.24) is 9.21 Å². The Morgan fingerprint density at radius 1 is 1.39 bits per heavy atom. The van der Waals surface area contributed by atoms with Gasteiger partial charge in [-0.25, -0.2) is 9.18 Å². The number of ether oxygens (including phenoxy) is 1. The van der Waals surface area contributed by atoms with E-state index in [0.29, 0.717) is 14.8 Å². The molecule has 3 unspecified atom stereocenters. The van der Waals surface area contributed by atoms with Crippen LogP contribution >= 0.6 is 12.8 Å². The van der Waals surface area contributed by atoms with Crippen molar-refractivity contribution in [1.29, 1.82) is 0 Å². The fraction of sp³-hybridized carbons (Fsp3) is 0.353. The summed E-state index contributed by atoms with van der Waals surface area (Å²) < 4.78 is 20.3. The number of thiol groups is 1. The fourth-order valence-electron chi connectivity index (χ4n) is 2.65. The first-order chi connectivity index (χ1) is 13.1. The van der Waals surface area contributed by atoms with Crippen LogP contribution in [0.3, 0.4) is 0 Å². The molecule has 2 amide bonds. The van der Waals surface area contributed by atoms with E-state index >= 15 is 0 Å². The van der Waals surface area contributed by atoms with Crippen LogP contribution in [-0.4, -0.2) is 50.3 Å². The lowest BCUT2D eigenvalue weighted by molar-refractivity contribution is -0.384. The standard InChI is InChI=1S/C17H18FN3O6S/c1-9(2)13(19-15(18)14(16(19)23)20(28)10(3)22)17(24)27-8-11-4-6-12(7-5-11)21(25)26/h4-7,13-15,28H,1,8H2,2-3H3. The minimum Gasteiger partial charge on any atom is -0.459 e. The second-order valence-corrected chi connectivity index (χ2v) is 6.64. The van der Waals surface area contributed by atoms with Crippen LogP contribution < -0.4 is 0 Å². The molecule has 11 heteroatoms. The Morgan fingerprint density at radius 3 is 2.39 bits per heavy atom. The average molecular weight is 411 g/mol. The molecule has 150 valence electrons. The van der Waals surface area contributed by atoms with Crippen LogP contribution in [0.1, 0.15) is 19.4 Å². The lowest BCUT2D eigenvalue weighted by atomic mass is 9.98. The number of non-ortho nitro benzene ring substituents is 1. The zero-order valence-electron chi connectivity index (χ0n) is 15.1. The Balaban J connectivity index is 2.06. The minimum absolute atomic E-state index is 0.117. The molecule has 0 saturated carbocycles. The lowest BCUT2D eigenvalue weighted by Gasteiger charge is -2.47. The molecule has 1 aromatic rings. The van der Waals surface area contributed by atoms with Crippen LogP contribution in [0, 0.1) is 10.1 Å². The van der Waals surface area contributed by atoms with Crippen LogP contribution in [0.2, 0.25) is 0 Å². The molecule has 1 saturated heterocycles. The summed E-state index contributed by atoms with van der Waals surface area (Å²) in [5.74, 6) is -2.32. The summed E-state index contributed by atoms with van der Waals surface area (Å²) in [6, 6.07) is 2.54. The Morgan fingerprint density at radius 2 is 1.96 bits per heavy atom. The van der Waals surface area contributed by atoms with E-state index in [9.17, 15) is 28.9 Å². The summed E-state index contributed by atoms with van der Waals surface area (Å²) >= 11 is 3.80. The molecule has 0 aromatic heterocycles. The van der Waals surface area contributed by atoms with Gasteiger partial charge in [-0.05, 0) is 30.2 Å². The maximum Gasteiger partial charge on any atom is 0.333 e. The van der Waals surface area contributed by atoms with Crippen molar-refractivity contribution in [3.05, 3.63) is 52.1 Å². The summed E-state index contributed by atoms with van der Waals surface area (Å²) in [6.07, 6.45) is -1.94. The van der Waals surface area contributed by atoms with Gasteiger partial charge in [0.25, 0.3) is 11.6 Å². The summed E-state index contributed by atoms with van der Waals surface area (Å²) in [5.41, 5.74) is 0.535. The van der Waals surface area contributed by atoms with Gasteiger partial charge in [-0.3, -0.25) is 28.9 Å². The summed E-state index contributed by atoms with van der Waals surface area (Å²) in [4.78, 5) is 46.7. The number of carbonyl (C=O) groups excluding carboxylic acids is 3. The van der Waals surface area contributed by atoms with Gasteiger partial charge in [-0.15, -0.1) is 0 Å². The molecule has 1 heterocycles. The first-order valence-electron chi connectivity index (χ1n) is 8.06. The summed E-state index contributed by atoms with van der Waals surface area (Å²) in [7, 11) is 0. The highest BCUT2D eigenvalue weighted by Crippen LogP contribution is 2.32. The maximum atomic E-state index is 14.5. The zero-order valence-corrected chi connectivity index (χ0v) is 16.0. The number of carbonyl (C=O) groups is 3. The molecule has 3 atom stereocenters. The van der Waals surface area contributed by atoms with Crippen LogP contribution in [0.5, 0.6) is 0 Å². The molecule has 28 heavy (non-hydrogen) atoms. The third kappa shape index (κ3) is 4.14. The van der Waals surface area contributed by atoms with Crippen molar-refractivity contribution in [2.45, 2.75) is 38.8 Å². The van der Waals surface area contributed by atoms with E-state index < -0.39 is 41.1 Å². The number of esters is 1. The van der Waals surface area contributed by atoms with E-state index in [4.69, 9.17) is 4.74 Å². The lowest BCUT2D eigenvalue weighted by Crippen LogP contribution is -2.71. The quantitative estimate of drug-likeness (QED) is 0.139. The molecule has 2 rings (SSSR count). The Bertz CT molecular complexity index is 831. The highest BCUT2D eigenvalue weighted by atomic mass is 32.1. The highest BCUT2D eigenvalue weighted by Gasteiger charge is 2.56. The number of halogens is 1. The normalized spacial score (nSPS) is 19.4. The average Bonchev–Trinajstić information content (AvgIpc) is 2.63. The van der Waals surface area contributed by atoms with Crippen LogP contribution in [0.4, 0.5) is 10.1 Å². The predicted molar refractivity (Wildman–Crippen MR) is 98.5 cm³/mol. The monoisotopic (exact) mass is 411 g/mol. The maximum absolute atomic E-state index is 14.5. The predicted octanol–water partition coefficient (Wildman–Crippen LogP) is 1.78. The number of amides is 2. The number of nitrogens with zero attached hydrogens (tertiary/aromatic N) is 3. The van der Waals surface area contributed by atoms with Gasteiger partial charge in [0.1, 0.15) is 6.61 Å². The zero-order chi connectivity index (χ0) is 21.2. The molecule has 1 fully saturated rings. The number of nitro benzene ring substituents is 1. The van der Waals surface area contributed by atoms with E-state index in [1.807, 2.05) is 0 Å². The smallest absolute Gasteiger partial charge is 0.333 e. The molecular weight excluding hydrogens is 393 g/mol. The largest absolute Gasteiger partial charge is 0.459 e. The van der Waals surface area contributed by atoms with Gasteiger partial charge < -0.3 is 4.74 Å². The van der Waals surface area contributed by atoms with E-state index in [0.717, 1.165) is 6.92 Å². The first kappa shape index (κ1) is 21.4.